The van der Waals surface area contributed by atoms with Crippen LogP contribution in [0.25, 0.3) is 11.1 Å². The first-order chi connectivity index (χ1) is 7.95. The molecule has 0 amide bonds. The molecular formula is C16H14. The van der Waals surface area contributed by atoms with Gasteiger partial charge in [-0.1, -0.05) is 60.7 Å². The van der Waals surface area contributed by atoms with E-state index in [1.165, 1.54) is 22.3 Å². The summed E-state index contributed by atoms with van der Waals surface area (Å²) in [5.74, 6) is 0. The van der Waals surface area contributed by atoms with Crippen molar-refractivity contribution >= 4 is 11.1 Å². The van der Waals surface area contributed by atoms with Crippen molar-refractivity contribution in [3.63, 3.8) is 0 Å². The maximum absolute atomic E-state index is 2.23. The van der Waals surface area contributed by atoms with Crippen LogP contribution in [0.1, 0.15) is 24.0 Å². The van der Waals surface area contributed by atoms with Crippen LogP contribution in [0.15, 0.2) is 60.7 Å². The topological polar surface area (TPSA) is 0 Å². The van der Waals surface area contributed by atoms with Crippen LogP contribution in [0.3, 0.4) is 0 Å². The van der Waals surface area contributed by atoms with E-state index >= 15 is 0 Å². The van der Waals surface area contributed by atoms with Gasteiger partial charge in [0.25, 0.3) is 0 Å². The van der Waals surface area contributed by atoms with E-state index < -0.39 is 0 Å². The Hall–Kier alpha value is -1.82. The molecule has 0 saturated carbocycles. The number of allylic oxidation sites excluding steroid dienone is 8. The lowest BCUT2D eigenvalue weighted by molar-refractivity contribution is 1.37. The van der Waals surface area contributed by atoms with E-state index in [1.807, 2.05) is 0 Å². The third-order valence-electron chi connectivity index (χ3n) is 3.16. The Morgan fingerprint density at radius 3 is 1.56 bits per heavy atom. The average molecular weight is 206 g/mol. The molecule has 0 radical (unpaired) electrons. The van der Waals surface area contributed by atoms with Gasteiger partial charge in [0.1, 0.15) is 0 Å². The summed E-state index contributed by atoms with van der Waals surface area (Å²) in [5.41, 5.74) is 5.65. The van der Waals surface area contributed by atoms with Gasteiger partial charge in [-0.25, -0.2) is 0 Å². The van der Waals surface area contributed by atoms with E-state index in [0.29, 0.717) is 0 Å². The van der Waals surface area contributed by atoms with Crippen LogP contribution in [-0.4, -0.2) is 0 Å². The quantitative estimate of drug-likeness (QED) is 0.674. The van der Waals surface area contributed by atoms with Crippen LogP contribution in [0.2, 0.25) is 0 Å². The first-order valence-electron chi connectivity index (χ1n) is 5.76. The molecule has 0 N–H and O–H groups in total. The highest BCUT2D eigenvalue weighted by Crippen LogP contribution is 2.32. The number of benzene rings is 1. The Kier molecular flexibility index (Phi) is 2.34. The monoisotopic (exact) mass is 206 g/mol. The van der Waals surface area contributed by atoms with E-state index in [1.54, 1.807) is 0 Å². The lowest BCUT2D eigenvalue weighted by Gasteiger charge is -2.11. The van der Waals surface area contributed by atoms with Crippen molar-refractivity contribution in [1.29, 1.82) is 0 Å². The zero-order chi connectivity index (χ0) is 10.8. The molecular weight excluding hydrogens is 192 g/mol. The minimum absolute atomic E-state index is 1.07. The smallest absolute Gasteiger partial charge is 0.00882 e. The normalized spacial score (nSPS) is 17.8. The highest BCUT2D eigenvalue weighted by Gasteiger charge is 2.11. The predicted molar refractivity (Wildman–Crippen MR) is 69.9 cm³/mol. The standard InChI is InChI=1S/C16H14/c1-2-8-13(7-1)15-11-5-6-12-16(15)14-9-3-4-10-14/h1-7,9,11-12H,8,10H2. The van der Waals surface area contributed by atoms with Crippen molar-refractivity contribution < 1.29 is 0 Å². The van der Waals surface area contributed by atoms with Crippen molar-refractivity contribution in [1.82, 2.24) is 0 Å². The van der Waals surface area contributed by atoms with E-state index in [0.717, 1.165) is 12.8 Å². The average Bonchev–Trinajstić information content (AvgIpc) is 3.03. The zero-order valence-corrected chi connectivity index (χ0v) is 9.19. The summed E-state index contributed by atoms with van der Waals surface area (Å²) in [6.45, 7) is 0. The Bertz CT molecular complexity index is 476. The van der Waals surface area contributed by atoms with Crippen molar-refractivity contribution in [3.05, 3.63) is 71.8 Å². The molecule has 0 aromatic heterocycles. The molecule has 1 aromatic rings. The van der Waals surface area contributed by atoms with Crippen molar-refractivity contribution in [3.8, 4) is 0 Å². The van der Waals surface area contributed by atoms with Gasteiger partial charge < -0.3 is 0 Å². The van der Waals surface area contributed by atoms with Crippen LogP contribution in [0.4, 0.5) is 0 Å². The SMILES string of the molecule is C1=CCC(c2ccccc2C2=CC=CC2)=C1. The second-order valence-corrected chi connectivity index (χ2v) is 4.19. The second-order valence-electron chi connectivity index (χ2n) is 4.19. The van der Waals surface area contributed by atoms with Gasteiger partial charge in [-0.05, 0) is 35.1 Å². The van der Waals surface area contributed by atoms with Crippen LogP contribution in [0, 0.1) is 0 Å². The lowest BCUT2D eigenvalue weighted by atomic mass is 9.93. The van der Waals surface area contributed by atoms with Gasteiger partial charge in [-0.3, -0.25) is 0 Å². The second kappa shape index (κ2) is 3.97. The number of hydrogen-bond donors (Lipinski definition) is 0. The summed E-state index contributed by atoms with van der Waals surface area (Å²) >= 11 is 0. The summed E-state index contributed by atoms with van der Waals surface area (Å²) in [7, 11) is 0. The molecule has 0 atom stereocenters. The van der Waals surface area contributed by atoms with E-state index in [4.69, 9.17) is 0 Å². The third-order valence-corrected chi connectivity index (χ3v) is 3.16. The summed E-state index contributed by atoms with van der Waals surface area (Å²) in [6.07, 6.45) is 15.3. The fourth-order valence-corrected chi connectivity index (χ4v) is 2.34. The molecule has 0 unspecified atom stereocenters. The Labute approximate surface area is 96.3 Å². The lowest BCUT2D eigenvalue weighted by Crippen LogP contribution is -1.90. The van der Waals surface area contributed by atoms with Crippen LogP contribution in [-0.2, 0) is 0 Å². The molecule has 0 spiro atoms. The first-order valence-corrected chi connectivity index (χ1v) is 5.76. The van der Waals surface area contributed by atoms with Gasteiger partial charge in [-0.2, -0.15) is 0 Å². The highest BCUT2D eigenvalue weighted by molar-refractivity contribution is 5.83. The molecule has 2 aliphatic carbocycles. The Balaban J connectivity index is 2.04. The predicted octanol–water partition coefficient (Wildman–Crippen LogP) is 4.37. The largest absolute Gasteiger partial charge is 0.0801 e. The summed E-state index contributed by atoms with van der Waals surface area (Å²) in [4.78, 5) is 0. The fraction of sp³-hybridized carbons (Fsp3) is 0.125. The molecule has 78 valence electrons. The molecule has 0 saturated heterocycles. The summed E-state index contributed by atoms with van der Waals surface area (Å²) in [5, 5.41) is 0. The summed E-state index contributed by atoms with van der Waals surface area (Å²) < 4.78 is 0. The first kappa shape index (κ1) is 9.41. The minimum atomic E-state index is 1.07. The molecule has 0 fully saturated rings. The molecule has 1 aromatic carbocycles. The van der Waals surface area contributed by atoms with Gasteiger partial charge in [0.15, 0.2) is 0 Å². The molecule has 0 heteroatoms. The molecule has 0 heterocycles. The van der Waals surface area contributed by atoms with E-state index in [-0.39, 0.29) is 0 Å². The number of hydrogen-bond acceptors (Lipinski definition) is 0. The maximum atomic E-state index is 2.23. The van der Waals surface area contributed by atoms with Crippen molar-refractivity contribution in [2.24, 2.45) is 0 Å². The molecule has 2 aliphatic rings. The molecule has 0 bridgehead atoms. The molecule has 16 heavy (non-hydrogen) atoms. The van der Waals surface area contributed by atoms with Crippen molar-refractivity contribution in [2.75, 3.05) is 0 Å². The van der Waals surface area contributed by atoms with Gasteiger partial charge in [-0.15, -0.1) is 0 Å². The van der Waals surface area contributed by atoms with Crippen molar-refractivity contribution in [2.45, 2.75) is 12.8 Å². The van der Waals surface area contributed by atoms with E-state index in [9.17, 15) is 0 Å². The molecule has 0 nitrogen and oxygen atoms in total. The van der Waals surface area contributed by atoms with Gasteiger partial charge >= 0.3 is 0 Å². The van der Waals surface area contributed by atoms with Gasteiger partial charge in [0, 0.05) is 0 Å². The highest BCUT2D eigenvalue weighted by atomic mass is 14.2. The Morgan fingerprint density at radius 2 is 1.19 bits per heavy atom. The maximum Gasteiger partial charge on any atom is -0.00882 e. The van der Waals surface area contributed by atoms with Gasteiger partial charge in [0.2, 0.25) is 0 Å². The van der Waals surface area contributed by atoms with Crippen LogP contribution in [0.5, 0.6) is 0 Å². The number of rotatable bonds is 2. The summed E-state index contributed by atoms with van der Waals surface area (Å²) in [6, 6.07) is 8.71. The van der Waals surface area contributed by atoms with Gasteiger partial charge in [0.05, 0.1) is 0 Å². The Morgan fingerprint density at radius 1 is 0.688 bits per heavy atom. The molecule has 0 aliphatic heterocycles. The van der Waals surface area contributed by atoms with Crippen LogP contribution < -0.4 is 0 Å². The molecule has 3 rings (SSSR count). The van der Waals surface area contributed by atoms with Crippen LogP contribution >= 0.6 is 0 Å². The van der Waals surface area contributed by atoms with E-state index in [2.05, 4.69) is 60.7 Å². The minimum Gasteiger partial charge on any atom is -0.0801 e. The zero-order valence-electron chi connectivity index (χ0n) is 9.19. The third kappa shape index (κ3) is 1.57. The fourth-order valence-electron chi connectivity index (χ4n) is 2.34.